The summed E-state index contributed by atoms with van der Waals surface area (Å²) in [6.07, 6.45) is 3.66. The van der Waals surface area contributed by atoms with Gasteiger partial charge >= 0.3 is 0 Å². The molecule has 1 aliphatic carbocycles. The Kier molecular flexibility index (Phi) is 2.79. The van der Waals surface area contributed by atoms with Crippen molar-refractivity contribution in [1.82, 2.24) is 0 Å². The summed E-state index contributed by atoms with van der Waals surface area (Å²) in [6.45, 7) is 0. The third kappa shape index (κ3) is 1.79. The monoisotopic (exact) mass is 255 g/mol. The first-order valence-corrected chi connectivity index (χ1v) is 5.72. The number of aromatic hydroxyl groups is 1. The van der Waals surface area contributed by atoms with Gasteiger partial charge < -0.3 is 10.8 Å². The molecule has 0 saturated heterocycles. The van der Waals surface area contributed by atoms with E-state index in [0.29, 0.717) is 11.7 Å². The second-order valence-corrected chi connectivity index (χ2v) is 4.84. The van der Waals surface area contributed by atoms with E-state index < -0.39 is 0 Å². The summed E-state index contributed by atoms with van der Waals surface area (Å²) in [7, 11) is 0. The van der Waals surface area contributed by atoms with Crippen molar-refractivity contribution >= 4 is 15.9 Å². The number of hydrogen-bond acceptors (Lipinski definition) is 2. The largest absolute Gasteiger partial charge is 0.508 e. The van der Waals surface area contributed by atoms with Gasteiger partial charge in [0.25, 0.3) is 0 Å². The first-order valence-electron chi connectivity index (χ1n) is 4.92. The number of halogens is 1. The lowest BCUT2D eigenvalue weighted by Gasteiger charge is -2.31. The number of rotatable bonds is 2. The molecular weight excluding hydrogens is 242 g/mol. The highest BCUT2D eigenvalue weighted by atomic mass is 79.9. The molecule has 1 fully saturated rings. The summed E-state index contributed by atoms with van der Waals surface area (Å²) >= 11 is 3.31. The summed E-state index contributed by atoms with van der Waals surface area (Å²) in [4.78, 5) is 0. The fourth-order valence-corrected chi connectivity index (χ4v) is 2.20. The highest BCUT2D eigenvalue weighted by molar-refractivity contribution is 9.10. The SMILES string of the molecule is N[C@H](c1ccc(Br)cc1O)C1CCC1. The molecule has 0 bridgehead atoms. The number of nitrogens with two attached hydrogens (primary N) is 1. The van der Waals surface area contributed by atoms with Crippen LogP contribution in [0, 0.1) is 5.92 Å². The van der Waals surface area contributed by atoms with E-state index in [4.69, 9.17) is 5.73 Å². The Hall–Kier alpha value is -0.540. The number of benzene rings is 1. The van der Waals surface area contributed by atoms with E-state index >= 15 is 0 Å². The van der Waals surface area contributed by atoms with Gasteiger partial charge in [-0.25, -0.2) is 0 Å². The molecule has 0 amide bonds. The van der Waals surface area contributed by atoms with E-state index in [1.165, 1.54) is 19.3 Å². The molecule has 2 rings (SSSR count). The Labute approximate surface area is 92.3 Å². The topological polar surface area (TPSA) is 46.2 Å². The fourth-order valence-electron chi connectivity index (χ4n) is 1.85. The van der Waals surface area contributed by atoms with Crippen molar-refractivity contribution in [2.75, 3.05) is 0 Å². The summed E-state index contributed by atoms with van der Waals surface area (Å²) in [6, 6.07) is 5.53. The first-order chi connectivity index (χ1) is 6.68. The third-order valence-corrected chi connectivity index (χ3v) is 3.50. The molecule has 2 nitrogen and oxygen atoms in total. The Bertz CT molecular complexity index is 336. The average Bonchev–Trinajstić information content (AvgIpc) is 2.00. The van der Waals surface area contributed by atoms with Gasteiger partial charge in [0.1, 0.15) is 5.75 Å². The van der Waals surface area contributed by atoms with Crippen molar-refractivity contribution in [3.8, 4) is 5.75 Å². The number of phenolic OH excluding ortho intramolecular Hbond substituents is 1. The minimum absolute atomic E-state index is 0.00292. The Morgan fingerprint density at radius 1 is 1.43 bits per heavy atom. The molecule has 14 heavy (non-hydrogen) atoms. The van der Waals surface area contributed by atoms with Gasteiger partial charge in [-0.05, 0) is 30.9 Å². The highest BCUT2D eigenvalue weighted by Gasteiger charge is 2.26. The minimum atomic E-state index is -0.00292. The second-order valence-electron chi connectivity index (χ2n) is 3.92. The van der Waals surface area contributed by atoms with Crippen molar-refractivity contribution in [2.24, 2.45) is 11.7 Å². The molecule has 3 heteroatoms. The number of phenols is 1. The first kappa shape index (κ1) is 9.99. The van der Waals surface area contributed by atoms with Crippen LogP contribution in [0.4, 0.5) is 0 Å². The molecule has 1 aromatic rings. The molecule has 0 spiro atoms. The molecule has 1 aromatic carbocycles. The quantitative estimate of drug-likeness (QED) is 0.854. The van der Waals surface area contributed by atoms with E-state index in [0.717, 1.165) is 10.0 Å². The van der Waals surface area contributed by atoms with E-state index in [1.54, 1.807) is 6.07 Å². The zero-order valence-electron chi connectivity index (χ0n) is 7.91. The molecule has 1 saturated carbocycles. The standard InChI is InChI=1S/C11H14BrNO/c12-8-4-5-9(10(14)6-8)11(13)7-2-1-3-7/h4-7,11,14H,1-3,13H2/t11-/m0/s1. The van der Waals surface area contributed by atoms with Crippen LogP contribution in [0.5, 0.6) is 5.75 Å². The lowest BCUT2D eigenvalue weighted by molar-refractivity contribution is 0.260. The van der Waals surface area contributed by atoms with Gasteiger partial charge in [0, 0.05) is 16.1 Å². The van der Waals surface area contributed by atoms with E-state index in [9.17, 15) is 5.11 Å². The van der Waals surface area contributed by atoms with Gasteiger partial charge in [-0.15, -0.1) is 0 Å². The summed E-state index contributed by atoms with van der Waals surface area (Å²) < 4.78 is 0.888. The molecule has 0 unspecified atom stereocenters. The van der Waals surface area contributed by atoms with Crippen LogP contribution in [0.3, 0.4) is 0 Å². The van der Waals surface area contributed by atoms with Crippen LogP contribution in [0.15, 0.2) is 22.7 Å². The van der Waals surface area contributed by atoms with Crippen molar-refractivity contribution in [1.29, 1.82) is 0 Å². The zero-order valence-corrected chi connectivity index (χ0v) is 9.50. The van der Waals surface area contributed by atoms with E-state index in [-0.39, 0.29) is 6.04 Å². The Morgan fingerprint density at radius 2 is 2.14 bits per heavy atom. The Balaban J connectivity index is 2.22. The van der Waals surface area contributed by atoms with Crippen LogP contribution in [0.25, 0.3) is 0 Å². The lowest BCUT2D eigenvalue weighted by atomic mass is 9.77. The molecule has 1 aliphatic rings. The van der Waals surface area contributed by atoms with Crippen molar-refractivity contribution in [2.45, 2.75) is 25.3 Å². The van der Waals surface area contributed by atoms with Crippen molar-refractivity contribution < 1.29 is 5.11 Å². The van der Waals surface area contributed by atoms with E-state index in [1.807, 2.05) is 12.1 Å². The minimum Gasteiger partial charge on any atom is -0.508 e. The fraction of sp³-hybridized carbons (Fsp3) is 0.455. The average molecular weight is 256 g/mol. The van der Waals surface area contributed by atoms with E-state index in [2.05, 4.69) is 15.9 Å². The van der Waals surface area contributed by atoms with Gasteiger partial charge in [-0.2, -0.15) is 0 Å². The van der Waals surface area contributed by atoms with Crippen LogP contribution in [0.1, 0.15) is 30.9 Å². The second kappa shape index (κ2) is 3.91. The van der Waals surface area contributed by atoms with Gasteiger partial charge in [0.2, 0.25) is 0 Å². The normalized spacial score (nSPS) is 19.0. The molecule has 1 atom stereocenters. The number of hydrogen-bond donors (Lipinski definition) is 2. The van der Waals surface area contributed by atoms with Gasteiger partial charge in [0.05, 0.1) is 0 Å². The maximum Gasteiger partial charge on any atom is 0.121 e. The molecule has 0 aromatic heterocycles. The van der Waals surface area contributed by atoms with Crippen molar-refractivity contribution in [3.63, 3.8) is 0 Å². The van der Waals surface area contributed by atoms with Gasteiger partial charge in [-0.3, -0.25) is 0 Å². The molecule has 0 heterocycles. The lowest BCUT2D eigenvalue weighted by Crippen LogP contribution is -2.26. The van der Waals surface area contributed by atoms with Crippen LogP contribution < -0.4 is 5.73 Å². The zero-order chi connectivity index (χ0) is 10.1. The van der Waals surface area contributed by atoms with Crippen LogP contribution in [0.2, 0.25) is 0 Å². The maximum atomic E-state index is 9.72. The summed E-state index contributed by atoms with van der Waals surface area (Å²) in [5.74, 6) is 0.862. The van der Waals surface area contributed by atoms with Crippen LogP contribution >= 0.6 is 15.9 Å². The highest BCUT2D eigenvalue weighted by Crippen LogP contribution is 2.39. The molecule has 76 valence electrons. The van der Waals surface area contributed by atoms with Gasteiger partial charge in [-0.1, -0.05) is 28.4 Å². The van der Waals surface area contributed by atoms with Crippen LogP contribution in [-0.4, -0.2) is 5.11 Å². The predicted octanol–water partition coefficient (Wildman–Crippen LogP) is 2.95. The summed E-state index contributed by atoms with van der Waals surface area (Å²) in [5, 5.41) is 9.72. The molecular formula is C11H14BrNO. The smallest absolute Gasteiger partial charge is 0.121 e. The molecule has 3 N–H and O–H groups in total. The predicted molar refractivity (Wildman–Crippen MR) is 60.1 cm³/mol. The maximum absolute atomic E-state index is 9.72. The van der Waals surface area contributed by atoms with Gasteiger partial charge in [0.15, 0.2) is 0 Å². The summed E-state index contributed by atoms with van der Waals surface area (Å²) in [5.41, 5.74) is 6.95. The van der Waals surface area contributed by atoms with Crippen LogP contribution in [-0.2, 0) is 0 Å². The third-order valence-electron chi connectivity index (χ3n) is 3.01. The molecule has 0 aliphatic heterocycles. The Morgan fingerprint density at radius 3 is 2.64 bits per heavy atom. The molecule has 0 radical (unpaired) electrons. The van der Waals surface area contributed by atoms with Crippen molar-refractivity contribution in [3.05, 3.63) is 28.2 Å².